The van der Waals surface area contributed by atoms with Crippen LogP contribution in [0.4, 0.5) is 0 Å². The number of rotatable bonds is 5. The molecule has 3 aromatic heterocycles. The molecule has 0 spiro atoms. The van der Waals surface area contributed by atoms with Gasteiger partial charge in [0.1, 0.15) is 11.5 Å². The smallest absolute Gasteiger partial charge is 0.277 e. The van der Waals surface area contributed by atoms with Crippen LogP contribution in [0.3, 0.4) is 0 Å². The van der Waals surface area contributed by atoms with Gasteiger partial charge in [0.05, 0.1) is 36.9 Å². The highest BCUT2D eigenvalue weighted by Crippen LogP contribution is 2.25. The van der Waals surface area contributed by atoms with Crippen molar-refractivity contribution in [1.29, 1.82) is 0 Å². The van der Waals surface area contributed by atoms with Gasteiger partial charge in [0, 0.05) is 43.2 Å². The van der Waals surface area contributed by atoms with Crippen LogP contribution in [0.25, 0.3) is 16.9 Å². The minimum absolute atomic E-state index is 0.0668. The highest BCUT2D eigenvalue weighted by Gasteiger charge is 2.23. The number of aromatic amines is 1. The van der Waals surface area contributed by atoms with Crippen LogP contribution in [0, 0.1) is 6.92 Å². The molecule has 0 aliphatic carbocycles. The van der Waals surface area contributed by atoms with Crippen LogP contribution in [-0.2, 0) is 26.1 Å². The van der Waals surface area contributed by atoms with Crippen LogP contribution in [0.15, 0.2) is 45.8 Å². The van der Waals surface area contributed by atoms with Crippen LogP contribution in [0.2, 0.25) is 0 Å². The average molecular weight is 420 g/mol. The largest absolute Gasteiger partial charge is 0.496 e. The lowest BCUT2D eigenvalue weighted by atomic mass is 10.0. The number of H-pyrrole nitrogens is 1. The second-order valence-electron chi connectivity index (χ2n) is 7.86. The molecule has 31 heavy (non-hydrogen) atoms. The van der Waals surface area contributed by atoms with Crippen molar-refractivity contribution < 1.29 is 14.3 Å². The molecule has 0 radical (unpaired) electrons. The van der Waals surface area contributed by atoms with Gasteiger partial charge in [0.15, 0.2) is 5.65 Å². The Morgan fingerprint density at radius 1 is 1.29 bits per heavy atom. The van der Waals surface area contributed by atoms with Gasteiger partial charge in [-0.1, -0.05) is 6.07 Å². The Bertz CT molecular complexity index is 1320. The van der Waals surface area contributed by atoms with Crippen molar-refractivity contribution in [2.24, 2.45) is 0 Å². The third kappa shape index (κ3) is 3.43. The molecule has 4 heterocycles. The molecule has 0 atom stereocenters. The normalized spacial score (nSPS) is 14.2. The third-order valence-electron chi connectivity index (χ3n) is 5.91. The number of hydrogen-bond acceptors (Lipinski definition) is 6. The van der Waals surface area contributed by atoms with Crippen molar-refractivity contribution in [2.45, 2.75) is 33.0 Å². The first-order valence-electron chi connectivity index (χ1n) is 10.2. The number of benzene rings is 1. The van der Waals surface area contributed by atoms with Gasteiger partial charge < -0.3 is 14.3 Å². The van der Waals surface area contributed by atoms with Crippen LogP contribution in [0.1, 0.15) is 28.1 Å². The van der Waals surface area contributed by atoms with Gasteiger partial charge in [-0.25, -0.2) is 9.50 Å². The zero-order valence-corrected chi connectivity index (χ0v) is 17.5. The summed E-state index contributed by atoms with van der Waals surface area (Å²) < 4.78 is 12.2. The zero-order valence-electron chi connectivity index (χ0n) is 17.5. The van der Waals surface area contributed by atoms with Crippen LogP contribution in [-0.4, -0.2) is 38.3 Å². The third-order valence-corrected chi connectivity index (χ3v) is 5.91. The molecular weight excluding hydrogens is 396 g/mol. The molecule has 1 aliphatic heterocycles. The molecule has 160 valence electrons. The predicted octanol–water partition coefficient (Wildman–Crippen LogP) is 2.65. The topological polar surface area (TPSA) is 96.0 Å². The summed E-state index contributed by atoms with van der Waals surface area (Å²) in [5.41, 5.74) is 5.69. The van der Waals surface area contributed by atoms with Crippen LogP contribution >= 0.6 is 0 Å². The Balaban J connectivity index is 1.44. The lowest BCUT2D eigenvalue weighted by molar-refractivity contribution is 0.240. The highest BCUT2D eigenvalue weighted by atomic mass is 16.5. The van der Waals surface area contributed by atoms with Gasteiger partial charge in [-0.3, -0.25) is 14.8 Å². The summed E-state index contributed by atoms with van der Waals surface area (Å²) in [5, 5.41) is 12.8. The summed E-state index contributed by atoms with van der Waals surface area (Å²) in [7, 11) is 1.59. The number of hydrogen-bond donors (Lipinski definition) is 2. The molecule has 4 aromatic rings. The molecule has 0 saturated heterocycles. The quantitative estimate of drug-likeness (QED) is 0.515. The van der Waals surface area contributed by atoms with Crippen molar-refractivity contribution >= 4 is 5.65 Å². The lowest BCUT2D eigenvalue weighted by Crippen LogP contribution is -2.36. The van der Waals surface area contributed by atoms with E-state index in [0.29, 0.717) is 24.5 Å². The molecule has 5 rings (SSSR count). The molecule has 0 fully saturated rings. The minimum atomic E-state index is -0.0750. The number of aliphatic hydroxyl groups is 1. The van der Waals surface area contributed by atoms with E-state index in [2.05, 4.69) is 10.00 Å². The number of nitrogens with one attached hydrogen (secondary N) is 1. The maximum atomic E-state index is 13.2. The molecule has 0 unspecified atom stereocenters. The van der Waals surface area contributed by atoms with E-state index in [0.717, 1.165) is 52.4 Å². The van der Waals surface area contributed by atoms with E-state index in [1.54, 1.807) is 13.4 Å². The van der Waals surface area contributed by atoms with Crippen molar-refractivity contribution in [2.75, 3.05) is 13.7 Å². The van der Waals surface area contributed by atoms with Gasteiger partial charge in [0.2, 0.25) is 0 Å². The molecule has 8 nitrogen and oxygen atoms in total. The number of methoxy groups -OCH3 is 1. The Morgan fingerprint density at radius 2 is 2.16 bits per heavy atom. The molecule has 0 bridgehead atoms. The van der Waals surface area contributed by atoms with E-state index >= 15 is 0 Å². The maximum Gasteiger partial charge on any atom is 0.277 e. The lowest BCUT2D eigenvalue weighted by Gasteiger charge is -2.27. The molecule has 0 amide bonds. The number of aromatic nitrogens is 3. The van der Waals surface area contributed by atoms with Gasteiger partial charge in [0.25, 0.3) is 5.56 Å². The second kappa shape index (κ2) is 7.72. The number of aryl methyl sites for hydroxylation is 1. The first kappa shape index (κ1) is 19.6. The summed E-state index contributed by atoms with van der Waals surface area (Å²) >= 11 is 0. The molecule has 8 heteroatoms. The fourth-order valence-electron chi connectivity index (χ4n) is 4.29. The molecule has 1 aromatic carbocycles. The second-order valence-corrected chi connectivity index (χ2v) is 7.86. The van der Waals surface area contributed by atoms with Gasteiger partial charge in [-0.15, -0.1) is 0 Å². The Hall–Kier alpha value is -3.36. The van der Waals surface area contributed by atoms with Gasteiger partial charge in [-0.2, -0.15) is 0 Å². The highest BCUT2D eigenvalue weighted by molar-refractivity contribution is 5.65. The van der Waals surface area contributed by atoms with E-state index in [1.807, 2.05) is 37.3 Å². The number of nitrogens with zero attached hydrogens (tertiary/aromatic N) is 3. The Labute approximate surface area is 178 Å². The van der Waals surface area contributed by atoms with E-state index in [1.165, 1.54) is 4.52 Å². The SMILES string of the molecule is COc1ccc(CN2CCc3nc4cc(-c5ccoc5C)[nH]n4c(=O)c3C2)cc1CO. The molecule has 0 saturated carbocycles. The van der Waals surface area contributed by atoms with Gasteiger partial charge in [-0.05, 0) is 30.7 Å². The van der Waals surface area contributed by atoms with E-state index < -0.39 is 0 Å². The van der Waals surface area contributed by atoms with E-state index in [9.17, 15) is 9.90 Å². The first-order valence-corrected chi connectivity index (χ1v) is 10.2. The number of aliphatic hydroxyl groups excluding tert-OH is 1. The van der Waals surface area contributed by atoms with Crippen LogP contribution < -0.4 is 10.3 Å². The zero-order chi connectivity index (χ0) is 21.5. The standard InChI is InChI=1S/C23H24N4O4/c1-14-17(6-8-31-14)20-10-22-24-19-5-7-26(12-18(19)23(29)27(22)25-20)11-15-3-4-21(30-2)16(9-15)13-28/h3-4,6,8-10,25,28H,5,7,11-13H2,1-2H3. The monoisotopic (exact) mass is 420 g/mol. The van der Waals surface area contributed by atoms with Crippen molar-refractivity contribution in [3.05, 3.63) is 75.1 Å². The molecule has 2 N–H and O–H groups in total. The summed E-state index contributed by atoms with van der Waals surface area (Å²) in [4.78, 5) is 20.2. The van der Waals surface area contributed by atoms with Gasteiger partial charge >= 0.3 is 0 Å². The van der Waals surface area contributed by atoms with E-state index in [-0.39, 0.29) is 12.2 Å². The fraction of sp³-hybridized carbons (Fsp3) is 0.304. The van der Waals surface area contributed by atoms with Crippen LogP contribution in [0.5, 0.6) is 5.75 Å². The molecular formula is C23H24N4O4. The predicted molar refractivity (Wildman–Crippen MR) is 115 cm³/mol. The summed E-state index contributed by atoms with van der Waals surface area (Å²) in [6.07, 6.45) is 2.35. The average Bonchev–Trinajstić information content (AvgIpc) is 3.40. The number of fused-ring (bicyclic) bond motifs is 2. The minimum Gasteiger partial charge on any atom is -0.496 e. The number of ether oxygens (including phenoxy) is 1. The fourth-order valence-corrected chi connectivity index (χ4v) is 4.29. The summed E-state index contributed by atoms with van der Waals surface area (Å²) in [5.74, 6) is 1.47. The maximum absolute atomic E-state index is 13.2. The first-order chi connectivity index (χ1) is 15.1. The number of furan rings is 1. The van der Waals surface area contributed by atoms with E-state index in [4.69, 9.17) is 14.1 Å². The van der Waals surface area contributed by atoms with Crippen molar-refractivity contribution in [3.63, 3.8) is 0 Å². The molecule has 1 aliphatic rings. The summed E-state index contributed by atoms with van der Waals surface area (Å²) in [6, 6.07) is 9.58. The van der Waals surface area contributed by atoms with Crippen molar-refractivity contribution in [1.82, 2.24) is 19.5 Å². The van der Waals surface area contributed by atoms with Crippen molar-refractivity contribution in [3.8, 4) is 17.0 Å². The Morgan fingerprint density at radius 3 is 2.90 bits per heavy atom. The Kier molecular flexibility index (Phi) is 4.88. The summed E-state index contributed by atoms with van der Waals surface area (Å²) in [6.45, 7) is 3.84.